The second-order valence-corrected chi connectivity index (χ2v) is 4.59. The zero-order valence-electron chi connectivity index (χ0n) is 9.80. The summed E-state index contributed by atoms with van der Waals surface area (Å²) in [5.74, 6) is -1.11. The summed E-state index contributed by atoms with van der Waals surface area (Å²) < 4.78 is 38.0. The summed E-state index contributed by atoms with van der Waals surface area (Å²) in [5.41, 5.74) is 0.493. The molecule has 0 aliphatic carbocycles. The topological polar surface area (TPSA) is 20.3 Å². The molecule has 0 fully saturated rings. The van der Waals surface area contributed by atoms with Crippen LogP contribution in [0.1, 0.15) is 15.9 Å². The van der Waals surface area contributed by atoms with Crippen LogP contribution in [-0.4, -0.2) is 35.7 Å². The van der Waals surface area contributed by atoms with Crippen molar-refractivity contribution in [1.29, 1.82) is 0 Å². The monoisotopic (exact) mass is 323 g/mol. The zero-order chi connectivity index (χ0) is 13.7. The largest absolute Gasteiger partial charge is 0.332 e. The van der Waals surface area contributed by atoms with E-state index in [0.717, 1.165) is 11.0 Å². The van der Waals surface area contributed by atoms with Crippen molar-refractivity contribution in [3.05, 3.63) is 35.1 Å². The minimum absolute atomic E-state index is 0.0831. The van der Waals surface area contributed by atoms with Crippen molar-refractivity contribution in [1.82, 2.24) is 4.90 Å². The van der Waals surface area contributed by atoms with Crippen molar-refractivity contribution in [2.45, 2.75) is 13.3 Å². The molecule has 6 heteroatoms. The van der Waals surface area contributed by atoms with Crippen LogP contribution in [0.25, 0.3) is 0 Å². The molecule has 0 aliphatic heterocycles. The van der Waals surface area contributed by atoms with Crippen molar-refractivity contribution in [2.24, 2.45) is 0 Å². The first kappa shape index (κ1) is 15.0. The fourth-order valence-electron chi connectivity index (χ4n) is 1.45. The molecule has 0 N–H and O–H groups in total. The first-order valence-electron chi connectivity index (χ1n) is 5.35. The number of hydrogen-bond acceptors (Lipinski definition) is 1. The van der Waals surface area contributed by atoms with E-state index in [0.29, 0.717) is 10.9 Å². The highest BCUT2D eigenvalue weighted by atomic mass is 79.9. The number of aryl methyl sites for hydroxylation is 1. The molecule has 1 aromatic rings. The molecule has 18 heavy (non-hydrogen) atoms. The summed E-state index contributed by atoms with van der Waals surface area (Å²) in [5, 5.41) is 0.389. The number of benzene rings is 1. The second kappa shape index (κ2) is 6.78. The number of alkyl halides is 3. The molecule has 0 bridgehead atoms. The average Bonchev–Trinajstić information content (AvgIpc) is 2.31. The third-order valence-electron chi connectivity index (χ3n) is 2.42. The first-order chi connectivity index (χ1) is 8.45. The van der Waals surface area contributed by atoms with Crippen LogP contribution < -0.4 is 0 Å². The number of halogens is 4. The van der Waals surface area contributed by atoms with Gasteiger partial charge < -0.3 is 4.90 Å². The van der Waals surface area contributed by atoms with Crippen LogP contribution in [0.3, 0.4) is 0 Å². The third kappa shape index (κ3) is 4.01. The molecule has 100 valence electrons. The van der Waals surface area contributed by atoms with E-state index < -0.39 is 24.7 Å². The van der Waals surface area contributed by atoms with Gasteiger partial charge in [0.2, 0.25) is 0 Å². The van der Waals surface area contributed by atoms with E-state index in [-0.39, 0.29) is 12.1 Å². The Labute approximate surface area is 112 Å². The van der Waals surface area contributed by atoms with Gasteiger partial charge in [-0.1, -0.05) is 22.0 Å². The number of amides is 1. The lowest BCUT2D eigenvalue weighted by molar-refractivity contribution is 0.0572. The van der Waals surface area contributed by atoms with Gasteiger partial charge in [0.1, 0.15) is 5.82 Å². The summed E-state index contributed by atoms with van der Waals surface area (Å²) in [7, 11) is 0. The molecule has 0 spiro atoms. The Morgan fingerprint density at radius 1 is 1.44 bits per heavy atom. The molecule has 0 saturated carbocycles. The highest BCUT2D eigenvalue weighted by Crippen LogP contribution is 2.12. The molecule has 1 amide bonds. The minimum Gasteiger partial charge on any atom is -0.332 e. The highest BCUT2D eigenvalue weighted by Gasteiger charge is 2.19. The van der Waals surface area contributed by atoms with Gasteiger partial charge in [0.15, 0.2) is 0 Å². The van der Waals surface area contributed by atoms with Crippen LogP contribution in [0.4, 0.5) is 13.2 Å². The molecule has 0 atom stereocenters. The van der Waals surface area contributed by atoms with Gasteiger partial charge in [-0.3, -0.25) is 4.79 Å². The predicted molar refractivity (Wildman–Crippen MR) is 66.8 cm³/mol. The van der Waals surface area contributed by atoms with Crippen LogP contribution >= 0.6 is 15.9 Å². The maximum atomic E-state index is 13.3. The maximum absolute atomic E-state index is 13.3. The lowest BCUT2D eigenvalue weighted by atomic mass is 10.1. The van der Waals surface area contributed by atoms with Crippen LogP contribution in [-0.2, 0) is 0 Å². The Bertz CT molecular complexity index is 426. The molecule has 1 rings (SSSR count). The predicted octanol–water partition coefficient (Wildman–Crippen LogP) is 3.24. The van der Waals surface area contributed by atoms with Crippen molar-refractivity contribution in [3.8, 4) is 0 Å². The van der Waals surface area contributed by atoms with Gasteiger partial charge >= 0.3 is 0 Å². The van der Waals surface area contributed by atoms with Gasteiger partial charge in [-0.15, -0.1) is 0 Å². The number of rotatable bonds is 5. The lowest BCUT2D eigenvalue weighted by Gasteiger charge is -2.21. The normalized spacial score (nSPS) is 10.8. The summed E-state index contributed by atoms with van der Waals surface area (Å²) in [6, 6.07) is 3.97. The van der Waals surface area contributed by atoms with E-state index in [2.05, 4.69) is 15.9 Å². The summed E-state index contributed by atoms with van der Waals surface area (Å²) >= 11 is 3.09. The molecule has 0 heterocycles. The molecule has 2 nitrogen and oxygen atoms in total. The second-order valence-electron chi connectivity index (χ2n) is 3.80. The summed E-state index contributed by atoms with van der Waals surface area (Å²) in [4.78, 5) is 12.9. The summed E-state index contributed by atoms with van der Waals surface area (Å²) in [6.45, 7) is 1.07. The van der Waals surface area contributed by atoms with Crippen LogP contribution in [0.2, 0.25) is 0 Å². The smallest absolute Gasteiger partial charge is 0.255 e. The van der Waals surface area contributed by atoms with Crippen molar-refractivity contribution in [2.75, 3.05) is 18.4 Å². The number of nitrogens with zero attached hydrogens (tertiary/aromatic N) is 1. The van der Waals surface area contributed by atoms with Gasteiger partial charge in [0.05, 0.1) is 6.54 Å². The Kier molecular flexibility index (Phi) is 5.65. The van der Waals surface area contributed by atoms with Gasteiger partial charge in [-0.2, -0.15) is 0 Å². The molecule has 0 aromatic heterocycles. The molecule has 0 saturated heterocycles. The van der Waals surface area contributed by atoms with E-state index in [9.17, 15) is 18.0 Å². The molecular weight excluding hydrogens is 311 g/mol. The van der Waals surface area contributed by atoms with E-state index in [1.807, 2.05) is 0 Å². The van der Waals surface area contributed by atoms with E-state index >= 15 is 0 Å². The van der Waals surface area contributed by atoms with E-state index in [1.54, 1.807) is 6.92 Å². The zero-order valence-corrected chi connectivity index (χ0v) is 11.4. The van der Waals surface area contributed by atoms with Crippen LogP contribution in [0, 0.1) is 12.7 Å². The number of hydrogen-bond donors (Lipinski definition) is 0. The van der Waals surface area contributed by atoms with Crippen molar-refractivity contribution in [3.63, 3.8) is 0 Å². The van der Waals surface area contributed by atoms with Crippen LogP contribution in [0.5, 0.6) is 0 Å². The Hall–Kier alpha value is -1.04. The molecule has 1 aromatic carbocycles. The molecule has 0 radical (unpaired) electrons. The van der Waals surface area contributed by atoms with Gasteiger partial charge in [-0.05, 0) is 24.6 Å². The van der Waals surface area contributed by atoms with Gasteiger partial charge in [0.25, 0.3) is 12.3 Å². The Morgan fingerprint density at radius 2 is 2.11 bits per heavy atom. The molecule has 0 unspecified atom stereocenters. The fraction of sp³-hybridized carbons (Fsp3) is 0.417. The Morgan fingerprint density at radius 3 is 2.61 bits per heavy atom. The number of carbonyl (C=O) groups is 1. The van der Waals surface area contributed by atoms with E-state index in [1.165, 1.54) is 12.1 Å². The van der Waals surface area contributed by atoms with Gasteiger partial charge in [-0.25, -0.2) is 13.2 Å². The quantitative estimate of drug-likeness (QED) is 0.762. The summed E-state index contributed by atoms with van der Waals surface area (Å²) in [6.07, 6.45) is -2.61. The lowest BCUT2D eigenvalue weighted by Crippen LogP contribution is -2.36. The molecule has 0 aliphatic rings. The third-order valence-corrected chi connectivity index (χ3v) is 2.77. The number of carbonyl (C=O) groups excluding carboxylic acids is 1. The van der Waals surface area contributed by atoms with Gasteiger partial charge in [0, 0.05) is 17.4 Å². The minimum atomic E-state index is -2.61. The maximum Gasteiger partial charge on any atom is 0.255 e. The van der Waals surface area contributed by atoms with E-state index in [4.69, 9.17) is 0 Å². The first-order valence-corrected chi connectivity index (χ1v) is 6.47. The SMILES string of the molecule is Cc1ccc(C(=O)N(CCBr)CC(F)F)cc1F. The van der Waals surface area contributed by atoms with Crippen molar-refractivity contribution >= 4 is 21.8 Å². The standard InChI is InChI=1S/C12H13BrF3NO/c1-8-2-3-9(6-10(8)14)12(18)17(5-4-13)7-11(15)16/h2-3,6,11H,4-5,7H2,1H3. The average molecular weight is 324 g/mol. The molecular formula is C12H13BrF3NO. The fourth-order valence-corrected chi connectivity index (χ4v) is 1.88. The van der Waals surface area contributed by atoms with Crippen LogP contribution in [0.15, 0.2) is 18.2 Å². The van der Waals surface area contributed by atoms with Crippen molar-refractivity contribution < 1.29 is 18.0 Å². The highest BCUT2D eigenvalue weighted by molar-refractivity contribution is 9.09. The Balaban J connectivity index is 2.90.